The Labute approximate surface area is 175 Å². The first-order valence-electron chi connectivity index (χ1n) is 10.6. The second-order valence-corrected chi connectivity index (χ2v) is 8.18. The van der Waals surface area contributed by atoms with Gasteiger partial charge in [-0.2, -0.15) is 0 Å². The zero-order valence-electron chi connectivity index (χ0n) is 18.1. The van der Waals surface area contributed by atoms with Gasteiger partial charge in [0.1, 0.15) is 11.4 Å². The summed E-state index contributed by atoms with van der Waals surface area (Å²) in [6, 6.07) is 7.88. The van der Waals surface area contributed by atoms with Crippen LogP contribution in [0.15, 0.2) is 33.9 Å². The van der Waals surface area contributed by atoms with Gasteiger partial charge < -0.3 is 4.74 Å². The van der Waals surface area contributed by atoms with Crippen molar-refractivity contribution in [3.05, 3.63) is 45.1 Å². The predicted octanol–water partition coefficient (Wildman–Crippen LogP) is 2.30. The van der Waals surface area contributed by atoms with E-state index >= 15 is 0 Å². The van der Waals surface area contributed by atoms with E-state index in [1.54, 1.807) is 18.7 Å². The van der Waals surface area contributed by atoms with E-state index in [4.69, 9.17) is 4.74 Å². The highest BCUT2D eigenvalue weighted by Gasteiger charge is 2.36. The van der Waals surface area contributed by atoms with Crippen LogP contribution in [0.4, 0.5) is 11.6 Å². The number of aromatic amines is 1. The maximum atomic E-state index is 13.3. The molecule has 0 fully saturated rings. The lowest BCUT2D eigenvalue weighted by Gasteiger charge is -2.26. The average molecular weight is 413 g/mol. The van der Waals surface area contributed by atoms with Gasteiger partial charge in [-0.15, -0.1) is 0 Å². The van der Waals surface area contributed by atoms with Crippen LogP contribution < -0.4 is 25.5 Å². The number of imidazole rings is 1. The van der Waals surface area contributed by atoms with Crippen LogP contribution in [0.3, 0.4) is 0 Å². The minimum absolute atomic E-state index is 0.216. The summed E-state index contributed by atoms with van der Waals surface area (Å²) in [6.45, 7) is 6.25. The van der Waals surface area contributed by atoms with Crippen molar-refractivity contribution < 1.29 is 9.30 Å². The molecule has 30 heavy (non-hydrogen) atoms. The molecule has 3 aromatic rings. The van der Waals surface area contributed by atoms with E-state index in [2.05, 4.69) is 23.7 Å². The standard InChI is InChI=1S/C22H29N5O3/c1-5-6-7-11-25-20(28)18-19(24(3)22(25)29)23-21-26(13-15(2)14-27(18)21)16-9-8-10-17(12-16)30-4/h8-10,12,15H,5-7,11,13-14H2,1-4H3/p+1/t15-/m1/s1. The summed E-state index contributed by atoms with van der Waals surface area (Å²) in [7, 11) is 3.38. The molecule has 0 amide bonds. The third-order valence-corrected chi connectivity index (χ3v) is 5.88. The fourth-order valence-electron chi connectivity index (χ4n) is 4.30. The van der Waals surface area contributed by atoms with Gasteiger partial charge in [0, 0.05) is 25.6 Å². The molecule has 8 heteroatoms. The maximum absolute atomic E-state index is 13.3. The molecule has 0 spiro atoms. The summed E-state index contributed by atoms with van der Waals surface area (Å²) < 4.78 is 10.4. The monoisotopic (exact) mass is 412 g/mol. The highest BCUT2D eigenvalue weighted by atomic mass is 16.5. The van der Waals surface area contributed by atoms with Crippen molar-refractivity contribution in [3.63, 3.8) is 0 Å². The summed E-state index contributed by atoms with van der Waals surface area (Å²) in [5.41, 5.74) is 1.61. The van der Waals surface area contributed by atoms with Crippen LogP contribution in [0.25, 0.3) is 11.2 Å². The van der Waals surface area contributed by atoms with Gasteiger partial charge in [-0.25, -0.2) is 19.2 Å². The Balaban J connectivity index is 1.91. The molecule has 1 aliphatic rings. The second kappa shape index (κ2) is 8.01. The van der Waals surface area contributed by atoms with Gasteiger partial charge in [0.15, 0.2) is 0 Å². The molecule has 0 saturated carbocycles. The minimum atomic E-state index is -0.274. The Bertz CT molecular complexity index is 1190. The van der Waals surface area contributed by atoms with Gasteiger partial charge in [0.2, 0.25) is 11.2 Å². The predicted molar refractivity (Wildman–Crippen MR) is 117 cm³/mol. The Hall–Kier alpha value is -3.03. The lowest BCUT2D eigenvalue weighted by atomic mass is 10.1. The number of hydrogen-bond acceptors (Lipinski definition) is 4. The van der Waals surface area contributed by atoms with E-state index in [-0.39, 0.29) is 11.2 Å². The number of aromatic nitrogens is 4. The van der Waals surface area contributed by atoms with Crippen molar-refractivity contribution in [1.82, 2.24) is 14.1 Å². The van der Waals surface area contributed by atoms with E-state index in [0.717, 1.165) is 49.7 Å². The Kier molecular flexibility index (Phi) is 5.40. The summed E-state index contributed by atoms with van der Waals surface area (Å²) >= 11 is 0. The number of ether oxygens (including phenoxy) is 1. The average Bonchev–Trinajstić information content (AvgIpc) is 3.13. The number of methoxy groups -OCH3 is 1. The molecule has 1 N–H and O–H groups in total. The molecular formula is C22H30N5O3+. The third kappa shape index (κ3) is 3.30. The Morgan fingerprint density at radius 2 is 2.07 bits per heavy atom. The van der Waals surface area contributed by atoms with Crippen molar-refractivity contribution in [1.29, 1.82) is 0 Å². The van der Waals surface area contributed by atoms with Crippen LogP contribution in [-0.4, -0.2) is 27.8 Å². The fraction of sp³-hybridized carbons (Fsp3) is 0.500. The number of H-pyrrole nitrogens is 1. The van der Waals surface area contributed by atoms with E-state index < -0.39 is 0 Å². The van der Waals surface area contributed by atoms with E-state index in [0.29, 0.717) is 23.6 Å². The minimum Gasteiger partial charge on any atom is -0.497 e. The number of fused-ring (bicyclic) bond motifs is 3. The van der Waals surface area contributed by atoms with Crippen LogP contribution in [0.1, 0.15) is 33.1 Å². The van der Waals surface area contributed by atoms with Crippen molar-refractivity contribution >= 4 is 22.8 Å². The van der Waals surface area contributed by atoms with Gasteiger partial charge >= 0.3 is 11.6 Å². The molecular weight excluding hydrogens is 382 g/mol. The number of benzene rings is 1. The molecule has 0 saturated heterocycles. The van der Waals surface area contributed by atoms with E-state index in [9.17, 15) is 9.59 Å². The Morgan fingerprint density at radius 3 is 2.80 bits per heavy atom. The van der Waals surface area contributed by atoms with Crippen molar-refractivity contribution in [2.45, 2.75) is 46.2 Å². The summed E-state index contributed by atoms with van der Waals surface area (Å²) in [6.07, 6.45) is 2.85. The smallest absolute Gasteiger partial charge is 0.364 e. The molecule has 0 unspecified atom stereocenters. The molecule has 0 bridgehead atoms. The van der Waals surface area contributed by atoms with E-state index in [1.807, 2.05) is 28.8 Å². The number of unbranched alkanes of at least 4 members (excludes halogenated alkanes) is 2. The highest BCUT2D eigenvalue weighted by Crippen LogP contribution is 2.30. The van der Waals surface area contributed by atoms with Crippen LogP contribution >= 0.6 is 0 Å². The van der Waals surface area contributed by atoms with Gasteiger partial charge in [0.05, 0.1) is 20.2 Å². The van der Waals surface area contributed by atoms with Gasteiger partial charge in [-0.1, -0.05) is 32.8 Å². The largest absolute Gasteiger partial charge is 0.497 e. The number of hydrogen-bond donors (Lipinski definition) is 1. The number of aryl methyl sites for hydroxylation is 1. The van der Waals surface area contributed by atoms with Crippen LogP contribution in [0.5, 0.6) is 5.75 Å². The maximum Gasteiger partial charge on any atom is 0.364 e. The van der Waals surface area contributed by atoms with Crippen LogP contribution in [0.2, 0.25) is 0 Å². The molecule has 1 aromatic carbocycles. The van der Waals surface area contributed by atoms with Crippen LogP contribution in [0, 0.1) is 5.92 Å². The second-order valence-electron chi connectivity index (χ2n) is 8.18. The number of rotatable bonds is 6. The third-order valence-electron chi connectivity index (χ3n) is 5.88. The first kappa shape index (κ1) is 20.3. The van der Waals surface area contributed by atoms with E-state index in [1.165, 1.54) is 4.57 Å². The normalized spacial score (nSPS) is 16.1. The van der Waals surface area contributed by atoms with Crippen molar-refractivity contribution in [2.75, 3.05) is 18.6 Å². The number of anilines is 2. The Morgan fingerprint density at radius 1 is 1.27 bits per heavy atom. The molecule has 3 heterocycles. The topological polar surface area (TPSA) is 76.1 Å². The first-order chi connectivity index (χ1) is 14.5. The lowest BCUT2D eigenvalue weighted by molar-refractivity contribution is -0.669. The highest BCUT2D eigenvalue weighted by molar-refractivity contribution is 5.70. The zero-order chi connectivity index (χ0) is 21.4. The fourth-order valence-corrected chi connectivity index (χ4v) is 4.30. The summed E-state index contributed by atoms with van der Waals surface area (Å²) in [5.74, 6) is 1.92. The van der Waals surface area contributed by atoms with Gasteiger partial charge in [-0.05, 0) is 18.6 Å². The quantitative estimate of drug-likeness (QED) is 0.498. The molecule has 0 aliphatic carbocycles. The molecule has 1 atom stereocenters. The summed E-state index contributed by atoms with van der Waals surface area (Å²) in [4.78, 5) is 31.7. The molecule has 4 rings (SSSR count). The molecule has 2 aromatic heterocycles. The van der Waals surface area contributed by atoms with Crippen LogP contribution in [-0.2, 0) is 20.1 Å². The summed E-state index contributed by atoms with van der Waals surface area (Å²) in [5, 5.41) is 0. The van der Waals surface area contributed by atoms with Crippen molar-refractivity contribution in [2.24, 2.45) is 13.0 Å². The van der Waals surface area contributed by atoms with Gasteiger partial charge in [0.25, 0.3) is 5.56 Å². The molecule has 1 aliphatic heterocycles. The molecule has 8 nitrogen and oxygen atoms in total. The zero-order valence-corrected chi connectivity index (χ0v) is 18.1. The number of nitrogens with one attached hydrogen (secondary N) is 1. The molecule has 160 valence electrons. The molecule has 0 radical (unpaired) electrons. The van der Waals surface area contributed by atoms with Gasteiger partial charge in [-0.3, -0.25) is 13.9 Å². The lowest BCUT2D eigenvalue weighted by Crippen LogP contribution is -2.52. The number of nitrogens with zero attached hydrogens (tertiary/aromatic N) is 4. The SMILES string of the molecule is CCCCCn1c(=O)c2c([nH]c3[n+]2C[C@H](C)CN3c2cccc(OC)c2)n(C)c1=O. The first-order valence-corrected chi connectivity index (χ1v) is 10.6. The van der Waals surface area contributed by atoms with Crippen molar-refractivity contribution in [3.8, 4) is 5.75 Å².